The van der Waals surface area contributed by atoms with Crippen molar-refractivity contribution in [3.8, 4) is 11.8 Å². The Balaban J connectivity index is 1.73. The molecule has 0 atom stereocenters. The Hall–Kier alpha value is -3.24. The van der Waals surface area contributed by atoms with Crippen LogP contribution in [0.4, 0.5) is 4.39 Å². The summed E-state index contributed by atoms with van der Waals surface area (Å²) in [6, 6.07) is 12.9. The van der Waals surface area contributed by atoms with E-state index in [4.69, 9.17) is 16.9 Å². The zero-order valence-electron chi connectivity index (χ0n) is 12.8. The number of hydrogen-bond donors (Lipinski definition) is 1. The van der Waals surface area contributed by atoms with E-state index in [-0.39, 0.29) is 17.8 Å². The predicted molar refractivity (Wildman–Crippen MR) is 88.7 cm³/mol. The number of para-hydroxylation sites is 1. The Morgan fingerprint density at radius 3 is 2.88 bits per heavy atom. The van der Waals surface area contributed by atoms with Crippen molar-refractivity contribution < 1.29 is 9.18 Å². The lowest BCUT2D eigenvalue weighted by atomic mass is 10.1. The van der Waals surface area contributed by atoms with Gasteiger partial charge in [0.25, 0.3) is 5.91 Å². The standard InChI is InChI=1S/C17H11ClFN5O/c18-13-3-1-2-4-16(13)24-10-15(22-23-24)17(25)21-9-12-7-11(8-20)5-6-14(12)19/h1-7,10H,9H2,(H,21,25). The number of carbonyl (C=O) groups is 1. The molecule has 8 heteroatoms. The van der Waals surface area contributed by atoms with E-state index in [1.54, 1.807) is 24.3 Å². The molecule has 0 unspecified atom stereocenters. The fourth-order valence-electron chi connectivity index (χ4n) is 2.17. The minimum absolute atomic E-state index is 0.0664. The van der Waals surface area contributed by atoms with Crippen LogP contribution in [0, 0.1) is 17.1 Å². The number of carbonyl (C=O) groups excluding carboxylic acids is 1. The predicted octanol–water partition coefficient (Wildman–Crippen LogP) is 2.86. The van der Waals surface area contributed by atoms with Crippen LogP contribution in [0.5, 0.6) is 0 Å². The number of nitrogens with zero attached hydrogens (tertiary/aromatic N) is 4. The molecule has 6 nitrogen and oxygen atoms in total. The van der Waals surface area contributed by atoms with E-state index in [9.17, 15) is 9.18 Å². The first-order chi connectivity index (χ1) is 12.1. The number of halogens is 2. The average molecular weight is 356 g/mol. The van der Waals surface area contributed by atoms with Crippen molar-refractivity contribution in [2.24, 2.45) is 0 Å². The number of aromatic nitrogens is 3. The highest BCUT2D eigenvalue weighted by atomic mass is 35.5. The van der Waals surface area contributed by atoms with Crippen LogP contribution < -0.4 is 5.32 Å². The summed E-state index contributed by atoms with van der Waals surface area (Å²) in [5, 5.41) is 19.5. The highest BCUT2D eigenvalue weighted by Crippen LogP contribution is 2.18. The maximum atomic E-state index is 13.7. The minimum atomic E-state index is -0.514. The fraction of sp³-hybridized carbons (Fsp3) is 0.0588. The molecular formula is C17H11ClFN5O. The van der Waals surface area contributed by atoms with Gasteiger partial charge in [0.1, 0.15) is 5.82 Å². The second-order valence-electron chi connectivity index (χ2n) is 5.10. The van der Waals surface area contributed by atoms with Gasteiger partial charge in [0.2, 0.25) is 0 Å². The lowest BCUT2D eigenvalue weighted by Gasteiger charge is -2.05. The quantitative estimate of drug-likeness (QED) is 0.780. The molecule has 3 rings (SSSR count). The molecule has 1 aromatic heterocycles. The van der Waals surface area contributed by atoms with Gasteiger partial charge in [-0.15, -0.1) is 5.10 Å². The minimum Gasteiger partial charge on any atom is -0.346 e. The van der Waals surface area contributed by atoms with Crippen LogP contribution in [0.2, 0.25) is 5.02 Å². The molecule has 3 aromatic rings. The van der Waals surface area contributed by atoms with Crippen molar-refractivity contribution in [2.75, 3.05) is 0 Å². The van der Waals surface area contributed by atoms with Gasteiger partial charge in [-0.3, -0.25) is 4.79 Å². The molecule has 0 radical (unpaired) electrons. The summed E-state index contributed by atoms with van der Waals surface area (Å²) < 4.78 is 15.1. The number of rotatable bonds is 4. The number of nitrogens with one attached hydrogen (secondary N) is 1. The molecule has 0 saturated heterocycles. The van der Waals surface area contributed by atoms with Crippen LogP contribution in [0.25, 0.3) is 5.69 Å². The molecule has 1 N–H and O–H groups in total. The second-order valence-corrected chi connectivity index (χ2v) is 5.51. The molecule has 0 aliphatic rings. The highest BCUT2D eigenvalue weighted by molar-refractivity contribution is 6.32. The van der Waals surface area contributed by atoms with Crippen LogP contribution in [0.3, 0.4) is 0 Å². The van der Waals surface area contributed by atoms with Crippen molar-refractivity contribution in [2.45, 2.75) is 6.54 Å². The molecule has 2 aromatic carbocycles. The smallest absolute Gasteiger partial charge is 0.273 e. The topological polar surface area (TPSA) is 83.6 Å². The Kier molecular flexibility index (Phi) is 4.73. The summed E-state index contributed by atoms with van der Waals surface area (Å²) in [7, 11) is 0. The molecular weight excluding hydrogens is 345 g/mol. The third-order valence-corrected chi connectivity index (χ3v) is 3.76. The molecule has 0 bridgehead atoms. The summed E-state index contributed by atoms with van der Waals surface area (Å²) in [6.07, 6.45) is 1.43. The first-order valence-corrected chi connectivity index (χ1v) is 7.60. The maximum Gasteiger partial charge on any atom is 0.273 e. The molecule has 0 aliphatic heterocycles. The number of amides is 1. The maximum absolute atomic E-state index is 13.7. The number of nitriles is 1. The number of hydrogen-bond acceptors (Lipinski definition) is 4. The summed E-state index contributed by atoms with van der Waals surface area (Å²) in [5.74, 6) is -1.01. The molecule has 0 spiro atoms. The molecule has 0 fully saturated rings. The van der Waals surface area contributed by atoms with Gasteiger partial charge in [-0.05, 0) is 30.3 Å². The molecule has 124 valence electrons. The molecule has 1 heterocycles. The van der Waals surface area contributed by atoms with Gasteiger partial charge >= 0.3 is 0 Å². The monoisotopic (exact) mass is 355 g/mol. The first-order valence-electron chi connectivity index (χ1n) is 7.22. The SMILES string of the molecule is N#Cc1ccc(F)c(CNC(=O)c2cn(-c3ccccc3Cl)nn2)c1. The van der Waals surface area contributed by atoms with Gasteiger partial charge in [-0.2, -0.15) is 5.26 Å². The Morgan fingerprint density at radius 1 is 1.32 bits per heavy atom. The largest absolute Gasteiger partial charge is 0.346 e. The van der Waals surface area contributed by atoms with Crippen LogP contribution in [-0.4, -0.2) is 20.9 Å². The van der Waals surface area contributed by atoms with Crippen molar-refractivity contribution in [1.82, 2.24) is 20.3 Å². The average Bonchev–Trinajstić information content (AvgIpc) is 3.11. The molecule has 25 heavy (non-hydrogen) atoms. The summed E-state index contributed by atoms with van der Waals surface area (Å²) >= 11 is 6.08. The zero-order valence-corrected chi connectivity index (χ0v) is 13.5. The van der Waals surface area contributed by atoms with Crippen LogP contribution >= 0.6 is 11.6 Å². The Morgan fingerprint density at radius 2 is 2.12 bits per heavy atom. The van der Waals surface area contributed by atoms with Gasteiger partial charge in [-0.1, -0.05) is 28.9 Å². The van der Waals surface area contributed by atoms with Crippen LogP contribution in [0.15, 0.2) is 48.7 Å². The van der Waals surface area contributed by atoms with E-state index < -0.39 is 11.7 Å². The van der Waals surface area contributed by atoms with Crippen molar-refractivity contribution in [3.05, 3.63) is 76.3 Å². The van der Waals surface area contributed by atoms with Crippen molar-refractivity contribution >= 4 is 17.5 Å². The molecule has 0 aliphatic carbocycles. The van der Waals surface area contributed by atoms with Gasteiger partial charge < -0.3 is 5.32 Å². The van der Waals surface area contributed by atoms with Gasteiger partial charge in [0.15, 0.2) is 5.69 Å². The van der Waals surface area contributed by atoms with E-state index in [2.05, 4.69) is 15.6 Å². The third kappa shape index (κ3) is 3.65. The Labute approximate surface area is 147 Å². The van der Waals surface area contributed by atoms with E-state index in [0.717, 1.165) is 0 Å². The highest BCUT2D eigenvalue weighted by Gasteiger charge is 2.13. The fourth-order valence-corrected chi connectivity index (χ4v) is 2.39. The summed E-state index contributed by atoms with van der Waals surface area (Å²) in [6.45, 7) is -0.0703. The van der Waals surface area contributed by atoms with Gasteiger partial charge in [0.05, 0.1) is 28.5 Å². The zero-order chi connectivity index (χ0) is 17.8. The van der Waals surface area contributed by atoms with Crippen LogP contribution in [-0.2, 0) is 6.54 Å². The first kappa shape index (κ1) is 16.6. The van der Waals surface area contributed by atoms with E-state index >= 15 is 0 Å². The Bertz CT molecular complexity index is 979. The van der Waals surface area contributed by atoms with E-state index in [0.29, 0.717) is 16.3 Å². The number of benzene rings is 2. The van der Waals surface area contributed by atoms with Crippen molar-refractivity contribution in [3.63, 3.8) is 0 Å². The summed E-state index contributed by atoms with van der Waals surface area (Å²) in [5.41, 5.74) is 1.18. The molecule has 1 amide bonds. The van der Waals surface area contributed by atoms with Crippen molar-refractivity contribution in [1.29, 1.82) is 5.26 Å². The van der Waals surface area contributed by atoms with Crippen LogP contribution in [0.1, 0.15) is 21.6 Å². The van der Waals surface area contributed by atoms with Gasteiger partial charge in [-0.25, -0.2) is 9.07 Å². The third-order valence-electron chi connectivity index (χ3n) is 3.44. The van der Waals surface area contributed by atoms with Gasteiger partial charge in [0, 0.05) is 12.1 Å². The normalized spacial score (nSPS) is 10.3. The second kappa shape index (κ2) is 7.11. The lowest BCUT2D eigenvalue weighted by Crippen LogP contribution is -2.23. The van der Waals surface area contributed by atoms with E-state index in [1.807, 2.05) is 6.07 Å². The summed E-state index contributed by atoms with van der Waals surface area (Å²) in [4.78, 5) is 12.2. The molecule has 0 saturated carbocycles. The van der Waals surface area contributed by atoms with E-state index in [1.165, 1.54) is 29.1 Å². The lowest BCUT2D eigenvalue weighted by molar-refractivity contribution is 0.0945.